The number of nitrogens with one attached hydrogen (secondary N) is 1. The van der Waals surface area contributed by atoms with Crippen LogP contribution in [0.2, 0.25) is 0 Å². The van der Waals surface area contributed by atoms with Crippen LogP contribution >= 0.6 is 0 Å². The first-order chi connectivity index (χ1) is 7.68. The average Bonchev–Trinajstić information content (AvgIpc) is 2.30. The fourth-order valence-corrected chi connectivity index (χ4v) is 2.22. The minimum absolute atomic E-state index is 0.0770. The molecule has 1 fully saturated rings. The van der Waals surface area contributed by atoms with Gasteiger partial charge in [-0.05, 0) is 37.1 Å². The lowest BCUT2D eigenvalue weighted by Gasteiger charge is -2.30. The summed E-state index contributed by atoms with van der Waals surface area (Å²) in [5.41, 5.74) is 6.29. The fraction of sp³-hybridized carbons (Fsp3) is 0.417. The van der Waals surface area contributed by atoms with E-state index in [-0.39, 0.29) is 23.7 Å². The topological polar surface area (TPSA) is 55.1 Å². The molecule has 86 valence electrons. The van der Waals surface area contributed by atoms with Gasteiger partial charge in [0.1, 0.15) is 5.82 Å². The van der Waals surface area contributed by atoms with Crippen LogP contribution in [-0.2, 0) is 4.79 Å². The highest BCUT2D eigenvalue weighted by Crippen LogP contribution is 2.28. The molecule has 0 radical (unpaired) electrons. The lowest BCUT2D eigenvalue weighted by Crippen LogP contribution is -2.40. The van der Waals surface area contributed by atoms with Crippen LogP contribution in [0.5, 0.6) is 0 Å². The quantitative estimate of drug-likeness (QED) is 0.793. The summed E-state index contributed by atoms with van der Waals surface area (Å²) >= 11 is 0. The second kappa shape index (κ2) is 4.61. The van der Waals surface area contributed by atoms with Crippen molar-refractivity contribution in [1.29, 1.82) is 0 Å². The number of nitrogens with two attached hydrogens (primary N) is 1. The fourth-order valence-electron chi connectivity index (χ4n) is 2.22. The molecule has 3 N–H and O–H groups in total. The SMILES string of the molecule is NC(=O)C1CCCNC1c1ccc(F)cc1. The Morgan fingerprint density at radius 1 is 1.38 bits per heavy atom. The van der Waals surface area contributed by atoms with Crippen molar-refractivity contribution in [1.82, 2.24) is 5.32 Å². The Labute approximate surface area is 93.8 Å². The molecule has 1 aliphatic heterocycles. The number of halogens is 1. The summed E-state index contributed by atoms with van der Waals surface area (Å²) in [5.74, 6) is -0.754. The molecule has 1 amide bonds. The molecule has 2 unspecified atom stereocenters. The van der Waals surface area contributed by atoms with Crippen LogP contribution in [0.4, 0.5) is 4.39 Å². The van der Waals surface area contributed by atoms with Crippen molar-refractivity contribution < 1.29 is 9.18 Å². The van der Waals surface area contributed by atoms with E-state index in [4.69, 9.17) is 5.73 Å². The molecule has 4 heteroatoms. The van der Waals surface area contributed by atoms with Crippen LogP contribution in [0.1, 0.15) is 24.4 Å². The molecule has 2 atom stereocenters. The molecule has 0 bridgehead atoms. The smallest absolute Gasteiger partial charge is 0.222 e. The highest BCUT2D eigenvalue weighted by molar-refractivity contribution is 5.77. The van der Waals surface area contributed by atoms with Crippen LogP contribution < -0.4 is 11.1 Å². The third-order valence-electron chi connectivity index (χ3n) is 3.05. The van der Waals surface area contributed by atoms with Gasteiger partial charge in [0.15, 0.2) is 0 Å². The monoisotopic (exact) mass is 222 g/mol. The van der Waals surface area contributed by atoms with Gasteiger partial charge in [-0.1, -0.05) is 12.1 Å². The lowest BCUT2D eigenvalue weighted by atomic mass is 9.86. The first-order valence-electron chi connectivity index (χ1n) is 5.46. The molecule has 0 aromatic heterocycles. The van der Waals surface area contributed by atoms with E-state index in [1.165, 1.54) is 12.1 Å². The molecule has 1 saturated heterocycles. The second-order valence-electron chi connectivity index (χ2n) is 4.13. The minimum atomic E-state index is -0.290. The van der Waals surface area contributed by atoms with E-state index in [0.29, 0.717) is 0 Å². The average molecular weight is 222 g/mol. The molecule has 16 heavy (non-hydrogen) atoms. The Kier molecular flexibility index (Phi) is 3.19. The zero-order chi connectivity index (χ0) is 11.5. The van der Waals surface area contributed by atoms with E-state index in [0.717, 1.165) is 24.9 Å². The van der Waals surface area contributed by atoms with Crippen LogP contribution in [0.25, 0.3) is 0 Å². The standard InChI is InChI=1S/C12H15FN2O/c13-9-5-3-8(4-6-9)11-10(12(14)16)2-1-7-15-11/h3-6,10-11,15H,1-2,7H2,(H2,14,16). The van der Waals surface area contributed by atoms with E-state index in [9.17, 15) is 9.18 Å². The predicted octanol–water partition coefficient (Wildman–Crippen LogP) is 1.35. The molecule has 3 nitrogen and oxygen atoms in total. The molecule has 2 rings (SSSR count). The number of rotatable bonds is 2. The third kappa shape index (κ3) is 2.22. The number of carbonyl (C=O) groups excluding carboxylic acids is 1. The number of hydrogen-bond acceptors (Lipinski definition) is 2. The van der Waals surface area contributed by atoms with Crippen molar-refractivity contribution in [2.45, 2.75) is 18.9 Å². The molecular formula is C12H15FN2O. The molecule has 0 saturated carbocycles. The van der Waals surface area contributed by atoms with E-state index < -0.39 is 0 Å². The first kappa shape index (κ1) is 11.1. The van der Waals surface area contributed by atoms with Crippen molar-refractivity contribution in [3.63, 3.8) is 0 Å². The van der Waals surface area contributed by atoms with Gasteiger partial charge in [0.05, 0.1) is 5.92 Å². The highest BCUT2D eigenvalue weighted by Gasteiger charge is 2.30. The third-order valence-corrected chi connectivity index (χ3v) is 3.05. The van der Waals surface area contributed by atoms with Crippen molar-refractivity contribution >= 4 is 5.91 Å². The summed E-state index contributed by atoms with van der Waals surface area (Å²) < 4.78 is 12.8. The molecule has 1 aliphatic rings. The van der Waals surface area contributed by atoms with Crippen molar-refractivity contribution in [2.75, 3.05) is 6.54 Å². The summed E-state index contributed by atoms with van der Waals surface area (Å²) in [6, 6.07) is 6.14. The summed E-state index contributed by atoms with van der Waals surface area (Å²) in [7, 11) is 0. The van der Waals surface area contributed by atoms with Gasteiger partial charge >= 0.3 is 0 Å². The molecule has 0 aliphatic carbocycles. The number of primary amides is 1. The van der Waals surface area contributed by atoms with Crippen LogP contribution in [0.3, 0.4) is 0 Å². The maximum absolute atomic E-state index is 12.8. The zero-order valence-electron chi connectivity index (χ0n) is 8.95. The maximum Gasteiger partial charge on any atom is 0.222 e. The van der Waals surface area contributed by atoms with Crippen molar-refractivity contribution in [3.05, 3.63) is 35.6 Å². The number of piperidine rings is 1. The first-order valence-corrected chi connectivity index (χ1v) is 5.46. The number of amides is 1. The number of carbonyl (C=O) groups is 1. The van der Waals surface area contributed by atoms with Crippen LogP contribution in [0.15, 0.2) is 24.3 Å². The Morgan fingerprint density at radius 3 is 2.69 bits per heavy atom. The van der Waals surface area contributed by atoms with E-state index in [1.807, 2.05) is 0 Å². The summed E-state index contributed by atoms with van der Waals surface area (Å²) in [6.45, 7) is 0.867. The molecule has 1 aromatic carbocycles. The van der Waals surface area contributed by atoms with Gasteiger partial charge < -0.3 is 11.1 Å². The molecule has 1 aromatic rings. The Balaban J connectivity index is 2.23. The summed E-state index contributed by atoms with van der Waals surface area (Å²) in [5, 5.41) is 3.26. The van der Waals surface area contributed by atoms with Gasteiger partial charge in [0.25, 0.3) is 0 Å². The van der Waals surface area contributed by atoms with E-state index in [2.05, 4.69) is 5.32 Å². The largest absolute Gasteiger partial charge is 0.369 e. The Hall–Kier alpha value is -1.42. The van der Waals surface area contributed by atoms with Crippen molar-refractivity contribution in [2.24, 2.45) is 11.7 Å². The highest BCUT2D eigenvalue weighted by atomic mass is 19.1. The van der Waals surface area contributed by atoms with Gasteiger partial charge in [0, 0.05) is 6.04 Å². The minimum Gasteiger partial charge on any atom is -0.369 e. The van der Waals surface area contributed by atoms with E-state index in [1.54, 1.807) is 12.1 Å². The number of hydrogen-bond donors (Lipinski definition) is 2. The van der Waals surface area contributed by atoms with Gasteiger partial charge in [-0.25, -0.2) is 4.39 Å². The summed E-state index contributed by atoms with van der Waals surface area (Å²) in [6.07, 6.45) is 1.75. The second-order valence-corrected chi connectivity index (χ2v) is 4.13. The molecule has 1 heterocycles. The van der Waals surface area contributed by atoms with Crippen molar-refractivity contribution in [3.8, 4) is 0 Å². The van der Waals surface area contributed by atoms with E-state index >= 15 is 0 Å². The zero-order valence-corrected chi connectivity index (χ0v) is 8.95. The maximum atomic E-state index is 12.8. The Morgan fingerprint density at radius 2 is 2.06 bits per heavy atom. The van der Waals surface area contributed by atoms with Crippen LogP contribution in [0, 0.1) is 11.7 Å². The van der Waals surface area contributed by atoms with Gasteiger partial charge in [-0.2, -0.15) is 0 Å². The molecule has 0 spiro atoms. The summed E-state index contributed by atoms with van der Waals surface area (Å²) in [4.78, 5) is 11.3. The predicted molar refractivity (Wildman–Crippen MR) is 59.1 cm³/mol. The van der Waals surface area contributed by atoms with Gasteiger partial charge in [-0.15, -0.1) is 0 Å². The van der Waals surface area contributed by atoms with Crippen LogP contribution in [-0.4, -0.2) is 12.5 Å². The number of benzene rings is 1. The lowest BCUT2D eigenvalue weighted by molar-refractivity contribution is -0.123. The molecular weight excluding hydrogens is 207 g/mol. The normalized spacial score (nSPS) is 25.3. The van der Waals surface area contributed by atoms with Gasteiger partial charge in [0.2, 0.25) is 5.91 Å². The van der Waals surface area contributed by atoms with Gasteiger partial charge in [-0.3, -0.25) is 4.79 Å². The Bertz CT molecular complexity index is 377.